The molecule has 0 saturated carbocycles. The molecule has 5 nitrogen and oxygen atoms in total. The number of aliphatic hydroxyl groups is 1. The molecule has 6 heteroatoms. The van der Waals surface area contributed by atoms with Crippen LogP contribution < -0.4 is 10.1 Å². The van der Waals surface area contributed by atoms with E-state index in [-0.39, 0.29) is 18.6 Å². The summed E-state index contributed by atoms with van der Waals surface area (Å²) in [7, 11) is 0. The van der Waals surface area contributed by atoms with Crippen LogP contribution >= 0.6 is 0 Å². The van der Waals surface area contributed by atoms with E-state index >= 15 is 0 Å². The molecular weight excluding hydrogens is 225 g/mol. The van der Waals surface area contributed by atoms with Crippen LogP contribution in [0.25, 0.3) is 0 Å². The van der Waals surface area contributed by atoms with Gasteiger partial charge in [0.05, 0.1) is 12.8 Å². The summed E-state index contributed by atoms with van der Waals surface area (Å²) in [5.74, 6) is -0.663. The average molecular weight is 243 g/mol. The van der Waals surface area contributed by atoms with E-state index in [1.165, 1.54) is 6.42 Å². The van der Waals surface area contributed by atoms with E-state index in [2.05, 4.69) is 22.2 Å². The molecule has 0 unspecified atom stereocenters. The summed E-state index contributed by atoms with van der Waals surface area (Å²) in [5, 5.41) is 11.0. The first kappa shape index (κ1) is 13.6. The third kappa shape index (κ3) is 4.95. The van der Waals surface area contributed by atoms with E-state index in [4.69, 9.17) is 9.84 Å². The van der Waals surface area contributed by atoms with Gasteiger partial charge >= 0.3 is 6.01 Å². The predicted molar refractivity (Wildman–Crippen MR) is 62.3 cm³/mol. The first-order valence-corrected chi connectivity index (χ1v) is 5.78. The van der Waals surface area contributed by atoms with E-state index in [0.717, 1.165) is 25.5 Å². The van der Waals surface area contributed by atoms with Gasteiger partial charge in [-0.25, -0.2) is 9.37 Å². The number of nitrogens with zero attached hydrogens (tertiary/aromatic N) is 2. The number of anilines is 1. The van der Waals surface area contributed by atoms with E-state index in [0.29, 0.717) is 6.61 Å². The number of aliphatic hydroxyl groups excluding tert-OH is 1. The Balaban J connectivity index is 2.40. The molecule has 0 fully saturated rings. The van der Waals surface area contributed by atoms with E-state index < -0.39 is 5.82 Å². The van der Waals surface area contributed by atoms with Crippen molar-refractivity contribution in [2.45, 2.75) is 32.6 Å². The van der Waals surface area contributed by atoms with Crippen molar-refractivity contribution >= 4 is 5.82 Å². The number of nitrogens with one attached hydrogen (secondary N) is 1. The lowest BCUT2D eigenvalue weighted by molar-refractivity contribution is 0.280. The fraction of sp³-hybridized carbons (Fsp3) is 0.636. The maximum atomic E-state index is 13.1. The highest BCUT2D eigenvalue weighted by atomic mass is 19.1. The van der Waals surface area contributed by atoms with E-state index in [1.54, 1.807) is 0 Å². The Kier molecular flexibility index (Phi) is 6.24. The van der Waals surface area contributed by atoms with Crippen molar-refractivity contribution in [3.05, 3.63) is 12.0 Å². The molecule has 0 spiro atoms. The zero-order valence-electron chi connectivity index (χ0n) is 9.95. The zero-order valence-corrected chi connectivity index (χ0v) is 9.95. The number of halogens is 1. The van der Waals surface area contributed by atoms with Gasteiger partial charge in [0.1, 0.15) is 6.73 Å². The van der Waals surface area contributed by atoms with Gasteiger partial charge in [-0.15, -0.1) is 0 Å². The van der Waals surface area contributed by atoms with Gasteiger partial charge in [0.2, 0.25) is 0 Å². The van der Waals surface area contributed by atoms with Crippen LogP contribution in [0, 0.1) is 5.82 Å². The normalized spacial score (nSPS) is 10.3. The Hall–Kier alpha value is -1.43. The highest BCUT2D eigenvalue weighted by molar-refractivity contribution is 5.35. The van der Waals surface area contributed by atoms with Crippen molar-refractivity contribution in [1.82, 2.24) is 9.97 Å². The molecule has 1 heterocycles. The van der Waals surface area contributed by atoms with Gasteiger partial charge < -0.3 is 15.2 Å². The van der Waals surface area contributed by atoms with Gasteiger partial charge in [-0.05, 0) is 6.42 Å². The van der Waals surface area contributed by atoms with Crippen molar-refractivity contribution in [3.8, 4) is 6.01 Å². The van der Waals surface area contributed by atoms with Gasteiger partial charge in [-0.1, -0.05) is 26.2 Å². The van der Waals surface area contributed by atoms with Crippen LogP contribution in [0.4, 0.5) is 10.2 Å². The molecule has 1 aromatic rings. The molecule has 96 valence electrons. The molecule has 0 aliphatic heterocycles. The Morgan fingerprint density at radius 1 is 1.41 bits per heavy atom. The Bertz CT molecular complexity index is 336. The fourth-order valence-electron chi connectivity index (χ4n) is 1.31. The van der Waals surface area contributed by atoms with Crippen molar-refractivity contribution in [1.29, 1.82) is 0 Å². The van der Waals surface area contributed by atoms with Gasteiger partial charge in [0, 0.05) is 0 Å². The second-order valence-corrected chi connectivity index (χ2v) is 3.59. The summed E-state index contributed by atoms with van der Waals surface area (Å²) in [6, 6.07) is 0.124. The molecule has 0 amide bonds. The zero-order chi connectivity index (χ0) is 12.5. The van der Waals surface area contributed by atoms with Crippen LogP contribution in [0.3, 0.4) is 0 Å². The van der Waals surface area contributed by atoms with Crippen molar-refractivity contribution in [3.63, 3.8) is 0 Å². The summed E-state index contributed by atoms with van der Waals surface area (Å²) in [5.41, 5.74) is 0. The highest BCUT2D eigenvalue weighted by Gasteiger charge is 2.06. The average Bonchev–Trinajstić information content (AvgIpc) is 2.33. The molecule has 0 aliphatic rings. The van der Waals surface area contributed by atoms with Crippen molar-refractivity contribution in [2.75, 3.05) is 18.7 Å². The molecule has 0 radical (unpaired) electrons. The van der Waals surface area contributed by atoms with Crippen LogP contribution in [-0.2, 0) is 0 Å². The molecule has 0 aliphatic carbocycles. The number of hydrogen-bond acceptors (Lipinski definition) is 5. The van der Waals surface area contributed by atoms with E-state index in [9.17, 15) is 4.39 Å². The van der Waals surface area contributed by atoms with E-state index in [1.807, 2.05) is 0 Å². The molecule has 0 aromatic carbocycles. The van der Waals surface area contributed by atoms with Gasteiger partial charge in [0.15, 0.2) is 11.6 Å². The topological polar surface area (TPSA) is 67.3 Å². The second kappa shape index (κ2) is 7.78. The smallest absolute Gasteiger partial charge is 0.318 e. The monoisotopic (exact) mass is 243 g/mol. The molecule has 0 saturated heterocycles. The van der Waals surface area contributed by atoms with Crippen LogP contribution in [-0.4, -0.2) is 28.4 Å². The first-order valence-electron chi connectivity index (χ1n) is 5.78. The third-order valence-electron chi connectivity index (χ3n) is 2.20. The summed E-state index contributed by atoms with van der Waals surface area (Å²) >= 11 is 0. The molecule has 0 atom stereocenters. The second-order valence-electron chi connectivity index (χ2n) is 3.59. The Morgan fingerprint density at radius 2 is 2.24 bits per heavy atom. The lowest BCUT2D eigenvalue weighted by atomic mass is 10.2. The summed E-state index contributed by atoms with van der Waals surface area (Å²) < 4.78 is 18.4. The lowest BCUT2D eigenvalue weighted by Gasteiger charge is -2.06. The van der Waals surface area contributed by atoms with Crippen LogP contribution in [0.2, 0.25) is 0 Å². The van der Waals surface area contributed by atoms with Crippen LogP contribution in [0.15, 0.2) is 6.20 Å². The lowest BCUT2D eigenvalue weighted by Crippen LogP contribution is -2.08. The number of hydrogen-bond donors (Lipinski definition) is 2. The standard InChI is InChI=1S/C11H18FN3O2/c1-2-3-4-5-6-17-11-13-7-9(12)10(15-11)14-8-16/h7,16H,2-6,8H2,1H3,(H,13,14,15). The molecule has 17 heavy (non-hydrogen) atoms. The van der Waals surface area contributed by atoms with Crippen LogP contribution in [0.1, 0.15) is 32.6 Å². The minimum Gasteiger partial charge on any atom is -0.463 e. The number of unbranched alkanes of at least 4 members (excludes halogenated alkanes) is 3. The van der Waals surface area contributed by atoms with Crippen LogP contribution in [0.5, 0.6) is 6.01 Å². The quantitative estimate of drug-likeness (QED) is 0.539. The number of aromatic nitrogens is 2. The predicted octanol–water partition coefficient (Wildman–Crippen LogP) is 1.94. The van der Waals surface area contributed by atoms with Gasteiger partial charge in [-0.3, -0.25) is 0 Å². The third-order valence-corrected chi connectivity index (χ3v) is 2.20. The molecule has 1 aromatic heterocycles. The first-order chi connectivity index (χ1) is 8.27. The molecule has 1 rings (SSSR count). The Morgan fingerprint density at radius 3 is 2.94 bits per heavy atom. The summed E-state index contributed by atoms with van der Waals surface area (Å²) in [6.07, 6.45) is 5.38. The SMILES string of the molecule is CCCCCCOc1ncc(F)c(NCO)n1. The highest BCUT2D eigenvalue weighted by Crippen LogP contribution is 2.13. The Labute approximate surface area is 100 Å². The summed E-state index contributed by atoms with van der Waals surface area (Å²) in [6.45, 7) is 2.27. The van der Waals surface area contributed by atoms with Gasteiger partial charge in [0.25, 0.3) is 0 Å². The maximum Gasteiger partial charge on any atom is 0.318 e. The molecular formula is C11H18FN3O2. The number of ether oxygens (including phenoxy) is 1. The van der Waals surface area contributed by atoms with Crippen molar-refractivity contribution < 1.29 is 14.2 Å². The fourth-order valence-corrected chi connectivity index (χ4v) is 1.31. The minimum atomic E-state index is -0.614. The van der Waals surface area contributed by atoms with Gasteiger partial charge in [-0.2, -0.15) is 4.98 Å². The summed E-state index contributed by atoms with van der Waals surface area (Å²) in [4.78, 5) is 7.51. The molecule has 0 bridgehead atoms. The molecule has 2 N–H and O–H groups in total. The minimum absolute atomic E-state index is 0.0499. The number of rotatable bonds is 8. The largest absolute Gasteiger partial charge is 0.463 e. The maximum absolute atomic E-state index is 13.1. The van der Waals surface area contributed by atoms with Crippen molar-refractivity contribution in [2.24, 2.45) is 0 Å².